The average molecular weight is 197 g/mol. The van der Waals surface area contributed by atoms with Crippen LogP contribution in [0.15, 0.2) is 12.1 Å². The highest BCUT2D eigenvalue weighted by atomic mass is 35.5. The Morgan fingerprint density at radius 2 is 2.23 bits per heavy atom. The molecule has 0 fully saturated rings. The van der Waals surface area contributed by atoms with Gasteiger partial charge in [0, 0.05) is 6.61 Å². The third kappa shape index (κ3) is 2.11. The van der Waals surface area contributed by atoms with Gasteiger partial charge in [0.25, 0.3) is 0 Å². The fraction of sp³-hybridized carbons (Fsp3) is 0.222. The van der Waals surface area contributed by atoms with Crippen molar-refractivity contribution in [2.75, 3.05) is 12.3 Å². The van der Waals surface area contributed by atoms with Gasteiger partial charge in [-0.1, -0.05) is 11.6 Å². The van der Waals surface area contributed by atoms with Crippen LogP contribution in [0.2, 0.25) is 5.02 Å². The standard InChI is InChI=1S/C9H9ClN2O/c10-8-4-6(1-2-13)3-7(5-11)9(8)12/h3-4,13H,1-2,12H2. The summed E-state index contributed by atoms with van der Waals surface area (Å²) in [5, 5.41) is 17.7. The second-order valence-corrected chi connectivity index (χ2v) is 3.03. The molecule has 0 aliphatic rings. The summed E-state index contributed by atoms with van der Waals surface area (Å²) in [4.78, 5) is 0. The first kappa shape index (κ1) is 9.85. The van der Waals surface area contributed by atoms with Gasteiger partial charge in [-0.25, -0.2) is 0 Å². The van der Waals surface area contributed by atoms with Crippen molar-refractivity contribution >= 4 is 17.3 Å². The van der Waals surface area contributed by atoms with Crippen LogP contribution in [0.5, 0.6) is 0 Å². The maximum absolute atomic E-state index is 8.69. The average Bonchev–Trinajstić information content (AvgIpc) is 2.11. The Morgan fingerprint density at radius 3 is 2.77 bits per heavy atom. The number of aliphatic hydroxyl groups excluding tert-OH is 1. The van der Waals surface area contributed by atoms with Gasteiger partial charge in [0.05, 0.1) is 16.3 Å². The molecule has 0 bridgehead atoms. The summed E-state index contributed by atoms with van der Waals surface area (Å²) >= 11 is 5.78. The van der Waals surface area contributed by atoms with Crippen molar-refractivity contribution in [3.8, 4) is 6.07 Å². The molecule has 1 rings (SSSR count). The predicted octanol–water partition coefficient (Wildman–Crippen LogP) is 1.33. The maximum Gasteiger partial charge on any atom is 0.101 e. The summed E-state index contributed by atoms with van der Waals surface area (Å²) in [6.07, 6.45) is 0.481. The van der Waals surface area contributed by atoms with E-state index in [9.17, 15) is 0 Å². The Bertz CT molecular complexity index is 357. The zero-order valence-corrected chi connectivity index (χ0v) is 7.67. The van der Waals surface area contributed by atoms with Gasteiger partial charge in [0.2, 0.25) is 0 Å². The molecule has 0 aliphatic carbocycles. The molecule has 0 aromatic heterocycles. The van der Waals surface area contributed by atoms with Gasteiger partial charge in [-0.15, -0.1) is 0 Å². The molecule has 0 spiro atoms. The quantitative estimate of drug-likeness (QED) is 0.702. The van der Waals surface area contributed by atoms with Crippen molar-refractivity contribution in [3.63, 3.8) is 0 Å². The summed E-state index contributed by atoms with van der Waals surface area (Å²) < 4.78 is 0. The molecule has 0 amide bonds. The summed E-state index contributed by atoms with van der Waals surface area (Å²) in [7, 11) is 0. The van der Waals surface area contributed by atoms with E-state index in [1.54, 1.807) is 12.1 Å². The van der Waals surface area contributed by atoms with Crippen molar-refractivity contribution in [1.29, 1.82) is 5.26 Å². The Balaban J connectivity index is 3.16. The molecule has 0 heterocycles. The van der Waals surface area contributed by atoms with E-state index in [2.05, 4.69) is 0 Å². The van der Waals surface area contributed by atoms with Crippen LogP contribution in [0, 0.1) is 11.3 Å². The van der Waals surface area contributed by atoms with Crippen molar-refractivity contribution in [2.24, 2.45) is 0 Å². The van der Waals surface area contributed by atoms with Crippen LogP contribution in [0.4, 0.5) is 5.69 Å². The smallest absolute Gasteiger partial charge is 0.101 e. The number of hydrogen-bond donors (Lipinski definition) is 2. The lowest BCUT2D eigenvalue weighted by Gasteiger charge is -2.04. The summed E-state index contributed by atoms with van der Waals surface area (Å²) in [6.45, 7) is 0.0329. The lowest BCUT2D eigenvalue weighted by molar-refractivity contribution is 0.299. The Hall–Kier alpha value is -1.24. The van der Waals surface area contributed by atoms with E-state index in [1.165, 1.54) is 0 Å². The monoisotopic (exact) mass is 196 g/mol. The largest absolute Gasteiger partial charge is 0.396 e. The number of hydrogen-bond acceptors (Lipinski definition) is 3. The number of nitrogens with zero attached hydrogens (tertiary/aromatic N) is 1. The van der Waals surface area contributed by atoms with Crippen molar-refractivity contribution in [2.45, 2.75) is 6.42 Å². The number of benzene rings is 1. The molecule has 0 saturated heterocycles. The van der Waals surface area contributed by atoms with Crippen LogP contribution in [-0.2, 0) is 6.42 Å². The normalized spacial score (nSPS) is 9.62. The SMILES string of the molecule is N#Cc1cc(CCO)cc(Cl)c1N. The second-order valence-electron chi connectivity index (χ2n) is 2.62. The number of halogens is 1. The van der Waals surface area contributed by atoms with Crippen LogP contribution >= 0.6 is 11.6 Å². The van der Waals surface area contributed by atoms with Gasteiger partial charge < -0.3 is 10.8 Å². The number of rotatable bonds is 2. The number of nitrogen functional groups attached to an aromatic ring is 1. The lowest BCUT2D eigenvalue weighted by Crippen LogP contribution is -1.96. The van der Waals surface area contributed by atoms with E-state index >= 15 is 0 Å². The third-order valence-corrected chi connectivity index (χ3v) is 2.02. The van der Waals surface area contributed by atoms with Gasteiger partial charge in [0.1, 0.15) is 6.07 Å². The molecule has 1 aromatic rings. The third-order valence-electron chi connectivity index (χ3n) is 1.71. The first-order valence-electron chi connectivity index (χ1n) is 3.78. The zero-order valence-electron chi connectivity index (χ0n) is 6.92. The maximum atomic E-state index is 8.69. The molecule has 0 unspecified atom stereocenters. The summed E-state index contributed by atoms with van der Waals surface area (Å²) in [5.74, 6) is 0. The number of nitrogens with two attached hydrogens (primary N) is 1. The van der Waals surface area contributed by atoms with E-state index in [0.717, 1.165) is 5.56 Å². The van der Waals surface area contributed by atoms with Crippen molar-refractivity contribution in [3.05, 3.63) is 28.3 Å². The molecular weight excluding hydrogens is 188 g/mol. The molecule has 0 saturated carbocycles. The highest BCUT2D eigenvalue weighted by Gasteiger charge is 2.05. The highest BCUT2D eigenvalue weighted by molar-refractivity contribution is 6.33. The fourth-order valence-corrected chi connectivity index (χ4v) is 1.28. The van der Waals surface area contributed by atoms with Gasteiger partial charge in [-0.3, -0.25) is 0 Å². The van der Waals surface area contributed by atoms with Gasteiger partial charge >= 0.3 is 0 Å². The predicted molar refractivity (Wildman–Crippen MR) is 51.4 cm³/mol. The minimum absolute atomic E-state index is 0.0329. The molecule has 4 heteroatoms. The second kappa shape index (κ2) is 4.13. The molecule has 3 N–H and O–H groups in total. The van der Waals surface area contributed by atoms with Crippen LogP contribution in [0.25, 0.3) is 0 Å². The van der Waals surface area contributed by atoms with E-state index in [1.807, 2.05) is 6.07 Å². The topological polar surface area (TPSA) is 70.0 Å². The molecule has 3 nitrogen and oxygen atoms in total. The minimum Gasteiger partial charge on any atom is -0.396 e. The van der Waals surface area contributed by atoms with Crippen LogP contribution < -0.4 is 5.73 Å². The molecule has 13 heavy (non-hydrogen) atoms. The number of aliphatic hydroxyl groups is 1. The first-order chi connectivity index (χ1) is 6.19. The minimum atomic E-state index is 0.0329. The lowest BCUT2D eigenvalue weighted by atomic mass is 10.1. The zero-order chi connectivity index (χ0) is 9.84. The van der Waals surface area contributed by atoms with E-state index in [0.29, 0.717) is 22.7 Å². The van der Waals surface area contributed by atoms with Gasteiger partial charge in [-0.05, 0) is 24.1 Å². The van der Waals surface area contributed by atoms with E-state index < -0.39 is 0 Å². The molecular formula is C9H9ClN2O. The van der Waals surface area contributed by atoms with Crippen LogP contribution in [0.3, 0.4) is 0 Å². The van der Waals surface area contributed by atoms with Crippen LogP contribution in [-0.4, -0.2) is 11.7 Å². The van der Waals surface area contributed by atoms with Crippen molar-refractivity contribution in [1.82, 2.24) is 0 Å². The van der Waals surface area contributed by atoms with E-state index in [-0.39, 0.29) is 6.61 Å². The van der Waals surface area contributed by atoms with Crippen molar-refractivity contribution < 1.29 is 5.11 Å². The molecule has 0 radical (unpaired) electrons. The Labute approximate surface area is 81.4 Å². The first-order valence-corrected chi connectivity index (χ1v) is 4.15. The molecule has 1 aromatic carbocycles. The van der Waals surface area contributed by atoms with Gasteiger partial charge in [-0.2, -0.15) is 5.26 Å². The van der Waals surface area contributed by atoms with Crippen LogP contribution in [0.1, 0.15) is 11.1 Å². The summed E-state index contributed by atoms with van der Waals surface area (Å²) in [5.41, 5.74) is 7.01. The highest BCUT2D eigenvalue weighted by Crippen LogP contribution is 2.24. The number of nitriles is 1. The Morgan fingerprint density at radius 1 is 1.54 bits per heavy atom. The molecule has 0 atom stereocenters. The fourth-order valence-electron chi connectivity index (χ4n) is 1.04. The molecule has 68 valence electrons. The molecule has 0 aliphatic heterocycles. The summed E-state index contributed by atoms with van der Waals surface area (Å²) in [6, 6.07) is 5.24. The van der Waals surface area contributed by atoms with E-state index in [4.69, 9.17) is 27.7 Å². The van der Waals surface area contributed by atoms with Gasteiger partial charge in [0.15, 0.2) is 0 Å². The Kier molecular flexibility index (Phi) is 3.13. The number of anilines is 1.